The molecule has 35 heavy (non-hydrogen) atoms. The molecule has 1 saturated heterocycles. The molecule has 7 heteroatoms. The Morgan fingerprint density at radius 2 is 1.91 bits per heavy atom. The number of para-hydroxylation sites is 1. The largest absolute Gasteiger partial charge is 0.369 e. The Bertz CT molecular complexity index is 1530. The normalized spacial score (nSPS) is 17.2. The van der Waals surface area contributed by atoms with Crippen LogP contribution in [0.15, 0.2) is 71.8 Å². The summed E-state index contributed by atoms with van der Waals surface area (Å²) in [6.45, 7) is 4.13. The Morgan fingerprint density at radius 1 is 1.06 bits per heavy atom. The van der Waals surface area contributed by atoms with Crippen molar-refractivity contribution in [3.63, 3.8) is 0 Å². The van der Waals surface area contributed by atoms with Crippen LogP contribution in [-0.2, 0) is 11.2 Å². The number of amides is 1. The maximum absolute atomic E-state index is 13.7. The van der Waals surface area contributed by atoms with Crippen molar-refractivity contribution in [2.24, 2.45) is 11.7 Å². The van der Waals surface area contributed by atoms with E-state index in [4.69, 9.17) is 5.73 Å². The number of anilines is 2. The topological polar surface area (TPSA) is 84.5 Å². The molecule has 0 unspecified atom stereocenters. The average molecular weight is 466 g/mol. The Labute approximate surface area is 203 Å². The molecule has 0 saturated carbocycles. The van der Waals surface area contributed by atoms with E-state index in [9.17, 15) is 9.59 Å². The number of nitrogens with two attached hydrogens (primary N) is 1. The summed E-state index contributed by atoms with van der Waals surface area (Å²) in [6, 6.07) is 18.4. The quantitative estimate of drug-likeness (QED) is 0.499. The molecule has 1 atom stereocenters. The van der Waals surface area contributed by atoms with Crippen molar-refractivity contribution in [1.29, 1.82) is 0 Å². The lowest BCUT2D eigenvalue weighted by Crippen LogP contribution is -2.37. The van der Waals surface area contributed by atoms with E-state index >= 15 is 0 Å². The fourth-order valence-corrected chi connectivity index (χ4v) is 5.36. The third kappa shape index (κ3) is 3.64. The number of rotatable bonds is 4. The number of benzene rings is 2. The van der Waals surface area contributed by atoms with Crippen LogP contribution >= 0.6 is 0 Å². The minimum atomic E-state index is -0.251. The van der Waals surface area contributed by atoms with E-state index in [-0.39, 0.29) is 17.4 Å². The summed E-state index contributed by atoms with van der Waals surface area (Å²) in [5.74, 6) is 0.472. The summed E-state index contributed by atoms with van der Waals surface area (Å²) in [5, 5.41) is 4.08. The second-order valence-corrected chi connectivity index (χ2v) is 9.46. The van der Waals surface area contributed by atoms with Gasteiger partial charge in [0.1, 0.15) is 5.82 Å². The van der Waals surface area contributed by atoms with Crippen molar-refractivity contribution in [2.75, 3.05) is 29.5 Å². The van der Waals surface area contributed by atoms with Crippen molar-refractivity contribution in [3.05, 3.63) is 88.5 Å². The summed E-state index contributed by atoms with van der Waals surface area (Å²) < 4.78 is 1.74. The molecule has 0 aliphatic carbocycles. The lowest BCUT2D eigenvalue weighted by molar-refractivity contribution is -0.121. The van der Waals surface area contributed by atoms with Gasteiger partial charge in [-0.05, 0) is 66.1 Å². The van der Waals surface area contributed by atoms with Gasteiger partial charge in [0.05, 0.1) is 17.2 Å². The molecule has 6 rings (SSSR count). The van der Waals surface area contributed by atoms with Crippen LogP contribution in [-0.4, -0.2) is 35.2 Å². The number of carbonyl (C=O) groups excluding carboxylic acids is 1. The van der Waals surface area contributed by atoms with E-state index in [1.807, 2.05) is 61.8 Å². The van der Waals surface area contributed by atoms with Crippen LogP contribution in [0.2, 0.25) is 0 Å². The minimum absolute atomic E-state index is 0.0276. The van der Waals surface area contributed by atoms with Gasteiger partial charge in [-0.25, -0.2) is 9.66 Å². The van der Waals surface area contributed by atoms with Gasteiger partial charge in [0, 0.05) is 37.4 Å². The van der Waals surface area contributed by atoms with Crippen molar-refractivity contribution in [3.8, 4) is 11.1 Å². The van der Waals surface area contributed by atoms with E-state index in [2.05, 4.69) is 27.0 Å². The monoisotopic (exact) mass is 465 g/mol. The predicted molar refractivity (Wildman–Crippen MR) is 139 cm³/mol. The van der Waals surface area contributed by atoms with Crippen molar-refractivity contribution >= 4 is 28.2 Å². The number of hydrogen-bond acceptors (Lipinski definition) is 5. The molecular weight excluding hydrogens is 438 g/mol. The molecule has 2 aromatic carbocycles. The minimum Gasteiger partial charge on any atom is -0.369 e. The zero-order valence-electron chi connectivity index (χ0n) is 19.6. The van der Waals surface area contributed by atoms with Gasteiger partial charge in [0.15, 0.2) is 0 Å². The third-order valence-corrected chi connectivity index (χ3v) is 7.32. The molecule has 2 N–H and O–H groups in total. The molecule has 2 aliphatic heterocycles. The van der Waals surface area contributed by atoms with Crippen molar-refractivity contribution < 1.29 is 4.79 Å². The molecule has 4 aromatic rings. The van der Waals surface area contributed by atoms with Crippen LogP contribution in [0.1, 0.15) is 17.5 Å². The number of fused-ring (bicyclic) bond motifs is 2. The molecule has 0 spiro atoms. The Hall–Kier alpha value is -4.13. The first kappa shape index (κ1) is 21.4. The summed E-state index contributed by atoms with van der Waals surface area (Å²) in [6.07, 6.45) is 5.40. The molecule has 0 radical (unpaired) electrons. The van der Waals surface area contributed by atoms with E-state index in [0.29, 0.717) is 12.1 Å². The van der Waals surface area contributed by atoms with Crippen molar-refractivity contribution in [1.82, 2.24) is 9.66 Å². The van der Waals surface area contributed by atoms with Crippen LogP contribution in [0, 0.1) is 12.8 Å². The maximum atomic E-state index is 13.7. The van der Waals surface area contributed by atoms with Crippen LogP contribution in [0.4, 0.5) is 11.5 Å². The smallest absolute Gasteiger partial charge is 0.277 e. The summed E-state index contributed by atoms with van der Waals surface area (Å²) in [5.41, 5.74) is 10.3. The van der Waals surface area contributed by atoms with Crippen LogP contribution in [0.3, 0.4) is 0 Å². The number of aromatic nitrogens is 2. The lowest BCUT2D eigenvalue weighted by Gasteiger charge is -2.23. The molecular formula is C28H27N5O2. The van der Waals surface area contributed by atoms with E-state index in [0.717, 1.165) is 59.3 Å². The summed E-state index contributed by atoms with van der Waals surface area (Å²) in [7, 11) is 0. The number of nitrogens with zero attached hydrogens (tertiary/aromatic N) is 4. The molecule has 4 heterocycles. The van der Waals surface area contributed by atoms with Gasteiger partial charge in [-0.2, -0.15) is 0 Å². The van der Waals surface area contributed by atoms with Gasteiger partial charge in [-0.3, -0.25) is 14.6 Å². The van der Waals surface area contributed by atoms with Crippen molar-refractivity contribution in [2.45, 2.75) is 19.8 Å². The fourth-order valence-electron chi connectivity index (χ4n) is 5.36. The summed E-state index contributed by atoms with van der Waals surface area (Å²) >= 11 is 0. The first-order valence-electron chi connectivity index (χ1n) is 12.0. The number of aryl methyl sites for hydroxylation is 1. The van der Waals surface area contributed by atoms with Gasteiger partial charge in [0.25, 0.3) is 5.56 Å². The first-order valence-corrected chi connectivity index (χ1v) is 12.0. The molecule has 1 fully saturated rings. The predicted octanol–water partition coefficient (Wildman–Crippen LogP) is 3.51. The Kier molecular flexibility index (Phi) is 5.06. The van der Waals surface area contributed by atoms with E-state index in [1.54, 1.807) is 4.68 Å². The highest BCUT2D eigenvalue weighted by atomic mass is 16.1. The van der Waals surface area contributed by atoms with Gasteiger partial charge in [-0.15, -0.1) is 0 Å². The summed E-state index contributed by atoms with van der Waals surface area (Å²) in [4.78, 5) is 32.0. The van der Waals surface area contributed by atoms with Crippen LogP contribution < -0.4 is 21.2 Å². The van der Waals surface area contributed by atoms with E-state index in [1.165, 1.54) is 5.56 Å². The molecule has 2 aromatic heterocycles. The lowest BCUT2D eigenvalue weighted by atomic mass is 10.00. The van der Waals surface area contributed by atoms with Gasteiger partial charge in [-0.1, -0.05) is 30.3 Å². The van der Waals surface area contributed by atoms with Gasteiger partial charge < -0.3 is 10.6 Å². The Morgan fingerprint density at radius 3 is 2.74 bits per heavy atom. The third-order valence-electron chi connectivity index (χ3n) is 7.32. The van der Waals surface area contributed by atoms with Gasteiger partial charge >= 0.3 is 0 Å². The van der Waals surface area contributed by atoms with E-state index < -0.39 is 0 Å². The highest BCUT2D eigenvalue weighted by Gasteiger charge is 2.27. The highest BCUT2D eigenvalue weighted by molar-refractivity contribution is 5.89. The molecule has 1 amide bonds. The zero-order chi connectivity index (χ0) is 24.1. The Balaban J connectivity index is 1.36. The number of primary amides is 1. The van der Waals surface area contributed by atoms with Crippen LogP contribution in [0.25, 0.3) is 21.9 Å². The maximum Gasteiger partial charge on any atom is 0.277 e. The molecule has 0 bridgehead atoms. The number of pyridine rings is 2. The molecule has 7 nitrogen and oxygen atoms in total. The number of hydrogen-bond donors (Lipinski definition) is 1. The standard InChI is InChI=1S/C28H27N5O2/c1-18-8-12-33(32-13-10-19-4-2-3-5-24(19)32)28(35)26(18)21-7-6-20-15-25(30-16-23(20)14-21)31-11-9-22(17-31)27(29)34/h2-8,12,14-16,22H,9-11,13,17H2,1H3,(H2,29,34)/t22-/m0/s1. The molecule has 176 valence electrons. The average Bonchev–Trinajstić information content (AvgIpc) is 3.52. The fraction of sp³-hybridized carbons (Fsp3) is 0.250. The first-order chi connectivity index (χ1) is 17.0. The second-order valence-electron chi connectivity index (χ2n) is 9.46. The SMILES string of the molecule is Cc1ccn(N2CCc3ccccc32)c(=O)c1-c1ccc2cc(N3CC[C@H](C(N)=O)C3)ncc2c1. The highest BCUT2D eigenvalue weighted by Crippen LogP contribution is 2.30. The van der Waals surface area contributed by atoms with Crippen LogP contribution in [0.5, 0.6) is 0 Å². The second kappa shape index (κ2) is 8.27. The number of carbonyl (C=O) groups is 1. The zero-order valence-corrected chi connectivity index (χ0v) is 19.6. The molecule has 2 aliphatic rings. The van der Waals surface area contributed by atoms with Gasteiger partial charge in [0.2, 0.25) is 5.91 Å².